The van der Waals surface area contributed by atoms with Crippen LogP contribution < -0.4 is 0 Å². The van der Waals surface area contributed by atoms with Crippen LogP contribution in [0.2, 0.25) is 0 Å². The molecule has 50 valence electrons. The van der Waals surface area contributed by atoms with Crippen LogP contribution in [0.3, 0.4) is 0 Å². The third-order valence-corrected chi connectivity index (χ3v) is 2.48. The summed E-state index contributed by atoms with van der Waals surface area (Å²) < 4.78 is 0.821. The van der Waals surface area contributed by atoms with Crippen LogP contribution in [0, 0.1) is 0 Å². The summed E-state index contributed by atoms with van der Waals surface area (Å²) in [5.41, 5.74) is 0. The van der Waals surface area contributed by atoms with E-state index in [2.05, 4.69) is 0 Å². The van der Waals surface area contributed by atoms with E-state index in [4.69, 9.17) is 46.8 Å². The Bertz CT molecular complexity index is 71.7. The fraction of sp³-hybridized carbons (Fsp3) is 1.00. The Morgan fingerprint density at radius 3 is 1.88 bits per heavy atom. The SMILES string of the molecule is CC(Cl)(CCl)N(Cl)Cl. The minimum absolute atomic E-state index is 0.182. The Morgan fingerprint density at radius 2 is 1.88 bits per heavy atom. The first-order chi connectivity index (χ1) is 3.50. The quantitative estimate of drug-likeness (QED) is 0.373. The largest absolute Gasteiger partial charge is 0.136 e. The molecule has 0 amide bonds. The minimum Gasteiger partial charge on any atom is -0.123 e. The third-order valence-electron chi connectivity index (χ3n) is 0.596. The molecule has 0 aliphatic carbocycles. The average molecular weight is 197 g/mol. The highest BCUT2D eigenvalue weighted by molar-refractivity contribution is 6.41. The van der Waals surface area contributed by atoms with Crippen LogP contribution in [0.25, 0.3) is 0 Å². The fourth-order valence-corrected chi connectivity index (χ4v) is 0.407. The van der Waals surface area contributed by atoms with Crippen molar-refractivity contribution in [2.45, 2.75) is 11.9 Å². The van der Waals surface area contributed by atoms with Crippen LogP contribution in [-0.2, 0) is 0 Å². The van der Waals surface area contributed by atoms with E-state index in [9.17, 15) is 0 Å². The summed E-state index contributed by atoms with van der Waals surface area (Å²) in [5.74, 6) is 0.182. The standard InChI is InChI=1S/C3H5Cl4N/c1-3(5,2-4)8(6)7/h2H2,1H3. The van der Waals surface area contributed by atoms with E-state index >= 15 is 0 Å². The molecule has 0 fully saturated rings. The fourth-order valence-electron chi connectivity index (χ4n) is 0.0452. The number of halogens is 4. The molecule has 0 saturated carbocycles. The van der Waals surface area contributed by atoms with Crippen LogP contribution in [0.5, 0.6) is 0 Å². The highest BCUT2D eigenvalue weighted by atomic mass is 35.5. The van der Waals surface area contributed by atoms with Gasteiger partial charge in [-0.3, -0.25) is 0 Å². The van der Waals surface area contributed by atoms with Crippen molar-refractivity contribution in [3.63, 3.8) is 0 Å². The maximum Gasteiger partial charge on any atom is 0.136 e. The molecule has 1 nitrogen and oxygen atoms in total. The van der Waals surface area contributed by atoms with E-state index in [-0.39, 0.29) is 5.88 Å². The average Bonchev–Trinajstić information content (AvgIpc) is 1.67. The summed E-state index contributed by atoms with van der Waals surface area (Å²) >= 11 is 21.4. The Hall–Kier alpha value is 1.12. The molecule has 8 heavy (non-hydrogen) atoms. The number of alkyl halides is 2. The van der Waals surface area contributed by atoms with Gasteiger partial charge in [0.1, 0.15) is 5.00 Å². The number of nitrogens with zero attached hydrogens (tertiary/aromatic N) is 1. The summed E-state index contributed by atoms with van der Waals surface area (Å²) in [6, 6.07) is 0. The predicted molar refractivity (Wildman–Crippen MR) is 38.5 cm³/mol. The van der Waals surface area contributed by atoms with Crippen molar-refractivity contribution in [1.29, 1.82) is 0 Å². The van der Waals surface area contributed by atoms with E-state index in [1.807, 2.05) is 0 Å². The van der Waals surface area contributed by atoms with Gasteiger partial charge >= 0.3 is 0 Å². The monoisotopic (exact) mass is 195 g/mol. The molecular weight excluding hydrogens is 192 g/mol. The molecule has 0 spiro atoms. The van der Waals surface area contributed by atoms with Crippen molar-refractivity contribution >= 4 is 46.8 Å². The molecule has 0 heterocycles. The van der Waals surface area contributed by atoms with Gasteiger partial charge in [-0.15, -0.1) is 15.5 Å². The number of rotatable bonds is 2. The zero-order chi connectivity index (χ0) is 6.78. The van der Waals surface area contributed by atoms with E-state index in [1.165, 1.54) is 0 Å². The van der Waals surface area contributed by atoms with Gasteiger partial charge < -0.3 is 0 Å². The van der Waals surface area contributed by atoms with Crippen molar-refractivity contribution in [2.24, 2.45) is 0 Å². The van der Waals surface area contributed by atoms with Crippen molar-refractivity contribution < 1.29 is 0 Å². The molecule has 0 bridgehead atoms. The van der Waals surface area contributed by atoms with Gasteiger partial charge in [-0.25, -0.2) is 0 Å². The van der Waals surface area contributed by atoms with Gasteiger partial charge in [0.15, 0.2) is 0 Å². The van der Waals surface area contributed by atoms with Crippen molar-refractivity contribution in [2.75, 3.05) is 5.88 Å². The van der Waals surface area contributed by atoms with Gasteiger partial charge in [0, 0.05) is 0 Å². The van der Waals surface area contributed by atoms with Crippen molar-refractivity contribution in [1.82, 2.24) is 3.94 Å². The van der Waals surface area contributed by atoms with E-state index < -0.39 is 5.00 Å². The zero-order valence-electron chi connectivity index (χ0n) is 4.17. The molecule has 1 atom stereocenters. The highest BCUT2D eigenvalue weighted by Crippen LogP contribution is 2.25. The van der Waals surface area contributed by atoms with Gasteiger partial charge in [0.25, 0.3) is 0 Å². The first kappa shape index (κ1) is 9.12. The molecule has 0 radical (unpaired) electrons. The molecule has 0 aromatic rings. The second-order valence-corrected chi connectivity index (χ2v) is 3.44. The third kappa shape index (κ3) is 2.60. The van der Waals surface area contributed by atoms with Gasteiger partial charge in [0.05, 0.1) is 5.88 Å². The number of hydrogen-bond acceptors (Lipinski definition) is 1. The molecule has 0 aromatic carbocycles. The summed E-state index contributed by atoms with van der Waals surface area (Å²) in [6.45, 7) is 1.61. The topological polar surface area (TPSA) is 3.24 Å². The first-order valence-corrected chi connectivity index (χ1v) is 3.46. The first-order valence-electron chi connectivity index (χ1n) is 1.87. The Balaban J connectivity index is 3.71. The Kier molecular flexibility index (Phi) is 3.79. The second kappa shape index (κ2) is 3.33. The van der Waals surface area contributed by atoms with Crippen molar-refractivity contribution in [3.05, 3.63) is 0 Å². The molecule has 0 N–H and O–H groups in total. The van der Waals surface area contributed by atoms with E-state index in [0.717, 1.165) is 3.94 Å². The molecule has 0 saturated heterocycles. The molecule has 0 aliphatic heterocycles. The molecule has 0 aliphatic rings. The van der Waals surface area contributed by atoms with Gasteiger partial charge in [-0.1, -0.05) is 11.6 Å². The lowest BCUT2D eigenvalue weighted by atomic mass is 10.4. The maximum absolute atomic E-state index is 5.59. The summed E-state index contributed by atoms with van der Waals surface area (Å²) in [6.07, 6.45) is 0. The van der Waals surface area contributed by atoms with Crippen LogP contribution in [0.15, 0.2) is 0 Å². The minimum atomic E-state index is -0.856. The Morgan fingerprint density at radius 1 is 1.50 bits per heavy atom. The molecule has 1 unspecified atom stereocenters. The maximum atomic E-state index is 5.59. The molecular formula is C3H5Cl4N. The smallest absolute Gasteiger partial charge is 0.123 e. The lowest BCUT2D eigenvalue weighted by Crippen LogP contribution is -2.29. The molecule has 0 rings (SSSR count). The van der Waals surface area contributed by atoms with Gasteiger partial charge in [0.2, 0.25) is 0 Å². The number of hydrogen-bond donors (Lipinski definition) is 0. The second-order valence-electron chi connectivity index (χ2n) is 1.51. The van der Waals surface area contributed by atoms with E-state index in [1.54, 1.807) is 6.92 Å². The van der Waals surface area contributed by atoms with Gasteiger partial charge in [-0.2, -0.15) is 0 Å². The summed E-state index contributed by atoms with van der Waals surface area (Å²) in [5, 5.41) is 0. The van der Waals surface area contributed by atoms with Crippen LogP contribution in [0.1, 0.15) is 6.92 Å². The summed E-state index contributed by atoms with van der Waals surface area (Å²) in [4.78, 5) is -0.856. The van der Waals surface area contributed by atoms with Gasteiger partial charge in [-0.05, 0) is 30.5 Å². The molecule has 5 heteroatoms. The lowest BCUT2D eigenvalue weighted by molar-refractivity contribution is 0.511. The lowest BCUT2D eigenvalue weighted by Gasteiger charge is -2.20. The van der Waals surface area contributed by atoms with Crippen LogP contribution in [-0.4, -0.2) is 14.8 Å². The zero-order valence-corrected chi connectivity index (χ0v) is 7.19. The van der Waals surface area contributed by atoms with E-state index in [0.29, 0.717) is 0 Å². The summed E-state index contributed by atoms with van der Waals surface area (Å²) in [7, 11) is 0. The van der Waals surface area contributed by atoms with Crippen LogP contribution in [0.4, 0.5) is 0 Å². The molecule has 0 aromatic heterocycles. The van der Waals surface area contributed by atoms with Crippen molar-refractivity contribution in [3.8, 4) is 0 Å². The highest BCUT2D eigenvalue weighted by Gasteiger charge is 2.25. The normalized spacial score (nSPS) is 18.8. The van der Waals surface area contributed by atoms with Crippen LogP contribution >= 0.6 is 46.8 Å². The predicted octanol–water partition coefficient (Wildman–Crippen LogP) is 2.79. The Labute approximate surface area is 68.7 Å².